The second-order valence-electron chi connectivity index (χ2n) is 3.34. The van der Waals surface area contributed by atoms with Crippen LogP contribution in [-0.4, -0.2) is 8.80 Å². The summed E-state index contributed by atoms with van der Waals surface area (Å²) in [6.07, 6.45) is 18.0. The smallest absolute Gasteiger partial charge is 0.0694 e. The van der Waals surface area contributed by atoms with Crippen molar-refractivity contribution in [1.82, 2.24) is 0 Å². The van der Waals surface area contributed by atoms with Gasteiger partial charge in [0.25, 0.3) is 0 Å². The molecule has 0 N–H and O–H groups in total. The van der Waals surface area contributed by atoms with Crippen LogP contribution in [0, 0.1) is 0 Å². The molecule has 12 heavy (non-hydrogen) atoms. The third-order valence-electron chi connectivity index (χ3n) is 2.55. The molecule has 0 nitrogen and oxygen atoms in total. The zero-order valence-electron chi connectivity index (χ0n) is 7.27. The van der Waals surface area contributed by atoms with Gasteiger partial charge in [0.1, 0.15) is 0 Å². The third-order valence-corrected chi connectivity index (χ3v) is 5.42. The molecule has 0 spiro atoms. The van der Waals surface area contributed by atoms with Crippen LogP contribution in [0.4, 0.5) is 0 Å². The van der Waals surface area contributed by atoms with Crippen LogP contribution in [0.15, 0.2) is 48.6 Å². The van der Waals surface area contributed by atoms with Crippen LogP contribution in [-0.2, 0) is 0 Å². The van der Waals surface area contributed by atoms with Crippen LogP contribution in [0.25, 0.3) is 0 Å². The van der Waals surface area contributed by atoms with Gasteiger partial charge in [0, 0.05) is 0 Å². The molecule has 0 saturated carbocycles. The average Bonchev–Trinajstić information content (AvgIpc) is 2.77. The maximum absolute atomic E-state index is 2.42. The first-order valence-corrected chi connectivity index (χ1v) is 6.57. The standard InChI is InChI=1S/C11H13Si/c1-12(10-6-2-3-7-10)11-8-4-5-9-11/h2-11H,1H3. The van der Waals surface area contributed by atoms with Crippen LogP contribution in [0.3, 0.4) is 0 Å². The molecule has 1 heteroatoms. The van der Waals surface area contributed by atoms with E-state index in [2.05, 4.69) is 55.2 Å². The van der Waals surface area contributed by atoms with E-state index < -0.39 is 0 Å². The van der Waals surface area contributed by atoms with E-state index in [1.807, 2.05) is 0 Å². The summed E-state index contributed by atoms with van der Waals surface area (Å²) < 4.78 is 0. The monoisotopic (exact) mass is 173 g/mol. The lowest BCUT2D eigenvalue weighted by molar-refractivity contribution is 1.23. The second-order valence-corrected chi connectivity index (χ2v) is 6.16. The van der Waals surface area contributed by atoms with Gasteiger partial charge in [0.2, 0.25) is 0 Å². The van der Waals surface area contributed by atoms with Crippen molar-refractivity contribution in [2.45, 2.75) is 17.6 Å². The van der Waals surface area contributed by atoms with Crippen molar-refractivity contribution in [2.24, 2.45) is 0 Å². The van der Waals surface area contributed by atoms with E-state index >= 15 is 0 Å². The van der Waals surface area contributed by atoms with Gasteiger partial charge in [0.15, 0.2) is 0 Å². The highest BCUT2D eigenvalue weighted by atomic mass is 28.3. The highest BCUT2D eigenvalue weighted by Crippen LogP contribution is 2.30. The number of rotatable bonds is 2. The van der Waals surface area contributed by atoms with E-state index in [1.165, 1.54) is 0 Å². The predicted molar refractivity (Wildman–Crippen MR) is 55.7 cm³/mol. The van der Waals surface area contributed by atoms with E-state index in [-0.39, 0.29) is 8.80 Å². The number of hydrogen-bond acceptors (Lipinski definition) is 0. The Labute approximate surface area is 75.6 Å². The number of allylic oxidation sites excluding steroid dienone is 8. The molecule has 0 saturated heterocycles. The molecule has 0 unspecified atom stereocenters. The van der Waals surface area contributed by atoms with Crippen LogP contribution in [0.1, 0.15) is 0 Å². The van der Waals surface area contributed by atoms with Crippen molar-refractivity contribution in [2.75, 3.05) is 0 Å². The molecule has 0 aromatic heterocycles. The molecule has 2 aliphatic rings. The van der Waals surface area contributed by atoms with Crippen molar-refractivity contribution < 1.29 is 0 Å². The van der Waals surface area contributed by atoms with Crippen LogP contribution < -0.4 is 0 Å². The Morgan fingerprint density at radius 3 is 1.42 bits per heavy atom. The highest BCUT2D eigenvalue weighted by molar-refractivity contribution is 6.63. The fourth-order valence-corrected chi connectivity index (χ4v) is 3.80. The van der Waals surface area contributed by atoms with Gasteiger partial charge in [-0.3, -0.25) is 0 Å². The van der Waals surface area contributed by atoms with E-state index in [4.69, 9.17) is 0 Å². The first kappa shape index (κ1) is 7.81. The summed E-state index contributed by atoms with van der Waals surface area (Å²) in [5.41, 5.74) is 1.49. The van der Waals surface area contributed by atoms with E-state index in [9.17, 15) is 0 Å². The molecule has 1 radical (unpaired) electrons. The minimum Gasteiger partial charge on any atom is -0.0806 e. The normalized spacial score (nSPS) is 22.2. The topological polar surface area (TPSA) is 0 Å². The predicted octanol–water partition coefficient (Wildman–Crippen LogP) is 3.10. The van der Waals surface area contributed by atoms with Gasteiger partial charge in [-0.05, 0) is 11.1 Å². The van der Waals surface area contributed by atoms with Crippen molar-refractivity contribution in [3.63, 3.8) is 0 Å². The Kier molecular flexibility index (Phi) is 2.13. The Morgan fingerprint density at radius 2 is 1.08 bits per heavy atom. The van der Waals surface area contributed by atoms with Crippen molar-refractivity contribution in [3.05, 3.63) is 48.6 Å². The zero-order valence-corrected chi connectivity index (χ0v) is 8.27. The first-order valence-electron chi connectivity index (χ1n) is 4.41. The third kappa shape index (κ3) is 1.37. The summed E-state index contributed by atoms with van der Waals surface area (Å²) in [6.45, 7) is 2.42. The molecule has 2 aliphatic carbocycles. The summed E-state index contributed by atoms with van der Waals surface area (Å²) >= 11 is 0. The highest BCUT2D eigenvalue weighted by Gasteiger charge is 2.22. The fraction of sp³-hybridized carbons (Fsp3) is 0.273. The maximum atomic E-state index is 2.42. The van der Waals surface area contributed by atoms with Gasteiger partial charge < -0.3 is 0 Å². The van der Waals surface area contributed by atoms with Gasteiger partial charge in [-0.2, -0.15) is 0 Å². The van der Waals surface area contributed by atoms with Gasteiger partial charge in [0.05, 0.1) is 8.80 Å². The van der Waals surface area contributed by atoms with Crippen LogP contribution >= 0.6 is 0 Å². The van der Waals surface area contributed by atoms with Crippen molar-refractivity contribution in [3.8, 4) is 0 Å². The van der Waals surface area contributed by atoms with E-state index in [0.717, 1.165) is 11.1 Å². The summed E-state index contributed by atoms with van der Waals surface area (Å²) in [5, 5.41) is 0. The summed E-state index contributed by atoms with van der Waals surface area (Å²) in [7, 11) is -0.292. The van der Waals surface area contributed by atoms with Crippen molar-refractivity contribution in [1.29, 1.82) is 0 Å². The molecule has 0 atom stereocenters. The second kappa shape index (κ2) is 3.28. The summed E-state index contributed by atoms with van der Waals surface area (Å²) in [5.74, 6) is 0. The minimum absolute atomic E-state index is 0.292. The Balaban J connectivity index is 2.04. The molecule has 2 rings (SSSR count). The maximum Gasteiger partial charge on any atom is 0.0694 e. The Morgan fingerprint density at radius 1 is 0.750 bits per heavy atom. The van der Waals surface area contributed by atoms with Crippen LogP contribution in [0.5, 0.6) is 0 Å². The molecule has 0 bridgehead atoms. The lowest BCUT2D eigenvalue weighted by atomic mass is 10.4. The average molecular weight is 173 g/mol. The van der Waals surface area contributed by atoms with Crippen molar-refractivity contribution >= 4 is 8.80 Å². The number of hydrogen-bond donors (Lipinski definition) is 0. The Bertz CT molecular complexity index is 219. The zero-order chi connectivity index (χ0) is 8.39. The van der Waals surface area contributed by atoms with E-state index in [0.29, 0.717) is 0 Å². The molecule has 0 aromatic rings. The summed E-state index contributed by atoms with van der Waals surface area (Å²) in [6, 6.07) is 0. The van der Waals surface area contributed by atoms with Gasteiger partial charge in [-0.15, -0.1) is 0 Å². The minimum atomic E-state index is -0.292. The molecule has 0 aromatic carbocycles. The lowest BCUT2D eigenvalue weighted by Gasteiger charge is -2.17. The van der Waals surface area contributed by atoms with Gasteiger partial charge in [-0.25, -0.2) is 0 Å². The summed E-state index contributed by atoms with van der Waals surface area (Å²) in [4.78, 5) is 0. The molecule has 61 valence electrons. The molecule has 0 fully saturated rings. The molecule has 0 heterocycles. The van der Waals surface area contributed by atoms with Crippen LogP contribution in [0.2, 0.25) is 17.6 Å². The largest absolute Gasteiger partial charge is 0.0806 e. The fourth-order valence-electron chi connectivity index (χ4n) is 1.69. The Hall–Kier alpha value is -0.823. The quantitative estimate of drug-likeness (QED) is 0.563. The molecular weight excluding hydrogens is 160 g/mol. The van der Waals surface area contributed by atoms with E-state index in [1.54, 1.807) is 0 Å². The van der Waals surface area contributed by atoms with Gasteiger partial charge in [-0.1, -0.05) is 55.2 Å². The molecular formula is C11H13Si. The SMILES string of the molecule is C[Si](C1C=CC=C1)C1C=CC=C1. The lowest BCUT2D eigenvalue weighted by Crippen LogP contribution is -2.17. The molecule has 0 aliphatic heterocycles. The van der Waals surface area contributed by atoms with Gasteiger partial charge >= 0.3 is 0 Å². The first-order chi connectivity index (χ1) is 5.88. The molecule has 0 amide bonds.